The Bertz CT molecular complexity index is 834. The molecule has 8 heteroatoms. The van der Waals surface area contributed by atoms with E-state index in [2.05, 4.69) is 20.7 Å². The second kappa shape index (κ2) is 8.39. The van der Waals surface area contributed by atoms with Crippen molar-refractivity contribution in [3.8, 4) is 0 Å². The van der Waals surface area contributed by atoms with Crippen LogP contribution >= 0.6 is 11.3 Å². The first-order valence-electron chi connectivity index (χ1n) is 8.15. The summed E-state index contributed by atoms with van der Waals surface area (Å²) in [5.41, 5.74) is 0.952. The third-order valence-electron chi connectivity index (χ3n) is 3.84. The van der Waals surface area contributed by atoms with Crippen LogP contribution in [-0.2, 0) is 11.3 Å². The van der Waals surface area contributed by atoms with Gasteiger partial charge in [-0.2, -0.15) is 5.10 Å². The Morgan fingerprint density at radius 2 is 1.96 bits per heavy atom. The third kappa shape index (κ3) is 4.54. The fourth-order valence-electron chi connectivity index (χ4n) is 2.47. The van der Waals surface area contributed by atoms with Crippen LogP contribution in [0.4, 0.5) is 0 Å². The zero-order valence-electron chi connectivity index (χ0n) is 14.2. The van der Waals surface area contributed by atoms with E-state index in [9.17, 15) is 9.59 Å². The van der Waals surface area contributed by atoms with Gasteiger partial charge in [0.05, 0.1) is 17.5 Å². The van der Waals surface area contributed by atoms with Crippen LogP contribution in [0.5, 0.6) is 0 Å². The second-order valence-corrected chi connectivity index (χ2v) is 6.71. The lowest BCUT2D eigenvalue weighted by Gasteiger charge is -2.22. The molecule has 26 heavy (non-hydrogen) atoms. The van der Waals surface area contributed by atoms with Gasteiger partial charge in [-0.05, 0) is 23.9 Å². The molecule has 0 spiro atoms. The van der Waals surface area contributed by atoms with E-state index in [1.807, 2.05) is 35.7 Å². The highest BCUT2D eigenvalue weighted by Gasteiger charge is 2.21. The van der Waals surface area contributed by atoms with Gasteiger partial charge in [0.25, 0.3) is 5.91 Å². The Morgan fingerprint density at radius 3 is 2.62 bits per heavy atom. The van der Waals surface area contributed by atoms with E-state index < -0.39 is 6.04 Å². The fourth-order valence-corrected chi connectivity index (χ4v) is 3.10. The maximum Gasteiger partial charge on any atom is 0.261 e. The van der Waals surface area contributed by atoms with Crippen molar-refractivity contribution in [2.45, 2.75) is 25.6 Å². The molecule has 2 atom stereocenters. The number of nitrogens with one attached hydrogen (secondary N) is 2. The van der Waals surface area contributed by atoms with Crippen LogP contribution in [0.1, 0.15) is 28.2 Å². The second-order valence-electron chi connectivity index (χ2n) is 5.76. The number of hydrogen-bond acceptors (Lipinski definition) is 5. The van der Waals surface area contributed by atoms with E-state index in [-0.39, 0.29) is 17.9 Å². The molecule has 0 saturated carbocycles. The number of amides is 2. The Kier molecular flexibility index (Phi) is 5.75. The Labute approximate surface area is 155 Å². The van der Waals surface area contributed by atoms with Gasteiger partial charge in [0, 0.05) is 0 Å². The minimum atomic E-state index is -0.661. The molecule has 1 aromatic carbocycles. The van der Waals surface area contributed by atoms with Crippen LogP contribution < -0.4 is 10.6 Å². The lowest BCUT2D eigenvalue weighted by Crippen LogP contribution is -2.46. The molecule has 0 saturated heterocycles. The molecule has 134 valence electrons. The van der Waals surface area contributed by atoms with Crippen LogP contribution in [0.15, 0.2) is 60.5 Å². The maximum atomic E-state index is 12.6. The summed E-state index contributed by atoms with van der Waals surface area (Å²) < 4.78 is 1.66. The van der Waals surface area contributed by atoms with Crippen LogP contribution in [-0.4, -0.2) is 32.6 Å². The lowest BCUT2D eigenvalue weighted by molar-refractivity contribution is -0.123. The molecule has 3 aromatic rings. The van der Waals surface area contributed by atoms with Gasteiger partial charge in [0.2, 0.25) is 5.91 Å². The van der Waals surface area contributed by atoms with E-state index in [0.717, 1.165) is 5.56 Å². The summed E-state index contributed by atoms with van der Waals surface area (Å²) in [5, 5.41) is 11.6. The molecule has 2 amide bonds. The number of hydrogen-bond donors (Lipinski definition) is 2. The molecule has 2 heterocycles. The zero-order chi connectivity index (χ0) is 18.4. The zero-order valence-corrected chi connectivity index (χ0v) is 15.0. The monoisotopic (exact) mass is 369 g/mol. The molecule has 0 bridgehead atoms. The van der Waals surface area contributed by atoms with Crippen molar-refractivity contribution in [2.75, 3.05) is 0 Å². The van der Waals surface area contributed by atoms with E-state index in [0.29, 0.717) is 11.4 Å². The summed E-state index contributed by atoms with van der Waals surface area (Å²) in [7, 11) is 0. The Balaban J connectivity index is 1.67. The standard InChI is InChI=1S/C18H19N5O2S/c1-13(21-18(25)16-8-5-9-26-16)17(24)22-15(10-23-12-19-11-20-23)14-6-3-2-4-7-14/h2-9,11-13,15H,10H2,1H3,(H,21,25)(H,22,24). The van der Waals surface area contributed by atoms with Crippen molar-refractivity contribution in [1.82, 2.24) is 25.4 Å². The topological polar surface area (TPSA) is 88.9 Å². The molecule has 2 unspecified atom stereocenters. The minimum Gasteiger partial charge on any atom is -0.346 e. The Hall–Kier alpha value is -3.00. The summed E-state index contributed by atoms with van der Waals surface area (Å²) in [5.74, 6) is -0.515. The lowest BCUT2D eigenvalue weighted by atomic mass is 10.1. The van der Waals surface area contributed by atoms with Gasteiger partial charge in [0.15, 0.2) is 0 Å². The van der Waals surface area contributed by atoms with E-state index in [4.69, 9.17) is 0 Å². The number of carbonyl (C=O) groups is 2. The number of thiophene rings is 1. The molecular formula is C18H19N5O2S. The van der Waals surface area contributed by atoms with Crippen LogP contribution in [0.25, 0.3) is 0 Å². The molecule has 2 aromatic heterocycles. The number of carbonyl (C=O) groups excluding carboxylic acids is 2. The largest absolute Gasteiger partial charge is 0.346 e. The fraction of sp³-hybridized carbons (Fsp3) is 0.222. The molecule has 0 radical (unpaired) electrons. The highest BCUT2D eigenvalue weighted by atomic mass is 32.1. The summed E-state index contributed by atoms with van der Waals surface area (Å²) in [6, 6.07) is 12.2. The van der Waals surface area contributed by atoms with Crippen molar-refractivity contribution < 1.29 is 9.59 Å². The van der Waals surface area contributed by atoms with Gasteiger partial charge < -0.3 is 10.6 Å². The van der Waals surface area contributed by atoms with E-state index in [1.165, 1.54) is 17.7 Å². The molecule has 0 aliphatic heterocycles. The van der Waals surface area contributed by atoms with Gasteiger partial charge >= 0.3 is 0 Å². The number of aromatic nitrogens is 3. The van der Waals surface area contributed by atoms with E-state index in [1.54, 1.807) is 30.1 Å². The van der Waals surface area contributed by atoms with Gasteiger partial charge in [-0.25, -0.2) is 4.98 Å². The minimum absolute atomic E-state index is 0.254. The summed E-state index contributed by atoms with van der Waals surface area (Å²) >= 11 is 1.34. The van der Waals surface area contributed by atoms with Crippen molar-refractivity contribution in [3.05, 3.63) is 70.9 Å². The van der Waals surface area contributed by atoms with Crippen molar-refractivity contribution in [1.29, 1.82) is 0 Å². The van der Waals surface area contributed by atoms with Gasteiger partial charge in [-0.3, -0.25) is 14.3 Å². The highest BCUT2D eigenvalue weighted by molar-refractivity contribution is 7.12. The summed E-state index contributed by atoms with van der Waals surface area (Å²) in [6.07, 6.45) is 3.05. The molecular weight excluding hydrogens is 350 g/mol. The van der Waals surface area contributed by atoms with Crippen LogP contribution in [0.3, 0.4) is 0 Å². The van der Waals surface area contributed by atoms with Crippen molar-refractivity contribution in [2.24, 2.45) is 0 Å². The number of nitrogens with zero attached hydrogens (tertiary/aromatic N) is 3. The predicted octanol–water partition coefficient (Wildman–Crippen LogP) is 2.02. The first-order chi connectivity index (χ1) is 12.6. The van der Waals surface area contributed by atoms with Gasteiger partial charge in [-0.1, -0.05) is 36.4 Å². The molecule has 0 aliphatic carbocycles. The summed E-state index contributed by atoms with van der Waals surface area (Å²) in [4.78, 5) is 29.2. The highest BCUT2D eigenvalue weighted by Crippen LogP contribution is 2.15. The first kappa shape index (κ1) is 17.8. The molecule has 7 nitrogen and oxygen atoms in total. The molecule has 0 aliphatic rings. The van der Waals surface area contributed by atoms with Crippen LogP contribution in [0.2, 0.25) is 0 Å². The number of benzene rings is 1. The molecule has 0 fully saturated rings. The Morgan fingerprint density at radius 1 is 1.15 bits per heavy atom. The SMILES string of the molecule is CC(NC(=O)c1cccs1)C(=O)NC(Cn1cncn1)c1ccccc1. The van der Waals surface area contributed by atoms with Gasteiger partial charge in [-0.15, -0.1) is 11.3 Å². The number of rotatable bonds is 7. The van der Waals surface area contributed by atoms with Crippen molar-refractivity contribution >= 4 is 23.2 Å². The quantitative estimate of drug-likeness (QED) is 0.667. The first-order valence-corrected chi connectivity index (χ1v) is 9.03. The summed E-state index contributed by atoms with van der Waals surface area (Å²) in [6.45, 7) is 2.11. The van der Waals surface area contributed by atoms with Crippen molar-refractivity contribution in [3.63, 3.8) is 0 Å². The smallest absolute Gasteiger partial charge is 0.261 e. The maximum absolute atomic E-state index is 12.6. The molecule has 2 N–H and O–H groups in total. The van der Waals surface area contributed by atoms with E-state index >= 15 is 0 Å². The third-order valence-corrected chi connectivity index (χ3v) is 4.71. The van der Waals surface area contributed by atoms with Crippen LogP contribution in [0, 0.1) is 0 Å². The molecule has 3 rings (SSSR count). The normalized spacial score (nSPS) is 13.0. The van der Waals surface area contributed by atoms with Gasteiger partial charge in [0.1, 0.15) is 18.7 Å². The average molecular weight is 369 g/mol. The predicted molar refractivity (Wildman–Crippen MR) is 98.6 cm³/mol. The average Bonchev–Trinajstić information content (AvgIpc) is 3.35.